The van der Waals surface area contributed by atoms with Gasteiger partial charge in [-0.05, 0) is 38.9 Å². The molecule has 1 unspecified atom stereocenters. The Kier molecular flexibility index (Phi) is 5.31. The molecule has 1 aromatic heterocycles. The highest BCUT2D eigenvalue weighted by Crippen LogP contribution is 2.38. The maximum absolute atomic E-state index is 6.22. The van der Waals surface area contributed by atoms with Gasteiger partial charge in [-0.1, -0.05) is 37.6 Å². The van der Waals surface area contributed by atoms with Crippen molar-refractivity contribution in [3.05, 3.63) is 35.0 Å². The van der Waals surface area contributed by atoms with Crippen LogP contribution in [-0.4, -0.2) is 19.3 Å². The van der Waals surface area contributed by atoms with Crippen LogP contribution in [-0.2, 0) is 4.74 Å². The van der Waals surface area contributed by atoms with Gasteiger partial charge in [-0.3, -0.25) is 0 Å². The molecule has 2 aromatic rings. The van der Waals surface area contributed by atoms with Crippen LogP contribution in [0.25, 0.3) is 11.0 Å². The van der Waals surface area contributed by atoms with E-state index < -0.39 is 0 Å². The average molecular weight is 310 g/mol. The number of likely N-dealkylation sites (N-methyl/N-ethyl adjacent to an activating group) is 1. The summed E-state index contributed by atoms with van der Waals surface area (Å²) < 4.78 is 12.1. The minimum atomic E-state index is -0.274. The van der Waals surface area contributed by atoms with E-state index in [9.17, 15) is 0 Å². The van der Waals surface area contributed by atoms with Gasteiger partial charge in [0.25, 0.3) is 0 Å². The van der Waals surface area contributed by atoms with Gasteiger partial charge in [0.1, 0.15) is 5.76 Å². The van der Waals surface area contributed by atoms with E-state index in [1.165, 1.54) is 0 Å². The van der Waals surface area contributed by atoms with E-state index in [-0.39, 0.29) is 11.6 Å². The molecule has 0 aliphatic heterocycles. The summed E-state index contributed by atoms with van der Waals surface area (Å²) >= 11 is 6.22. The van der Waals surface area contributed by atoms with Crippen molar-refractivity contribution in [1.29, 1.82) is 0 Å². The average Bonchev–Trinajstić information content (AvgIpc) is 2.92. The van der Waals surface area contributed by atoms with Crippen LogP contribution in [0, 0.1) is 0 Å². The predicted octanol–water partition coefficient (Wildman–Crippen LogP) is 4.94. The summed E-state index contributed by atoms with van der Waals surface area (Å²) in [5.41, 5.74) is 0.469. The lowest BCUT2D eigenvalue weighted by molar-refractivity contribution is -0.0757. The highest BCUT2D eigenvalue weighted by atomic mass is 35.5. The van der Waals surface area contributed by atoms with Gasteiger partial charge < -0.3 is 14.5 Å². The molecule has 0 saturated carbocycles. The van der Waals surface area contributed by atoms with Crippen LogP contribution >= 0.6 is 11.6 Å². The topological polar surface area (TPSA) is 34.4 Å². The first kappa shape index (κ1) is 16.3. The molecule has 0 aliphatic rings. The normalized spacial score (nSPS) is 13.8. The molecule has 116 valence electrons. The van der Waals surface area contributed by atoms with E-state index in [1.807, 2.05) is 32.2 Å². The van der Waals surface area contributed by atoms with Crippen LogP contribution in [0.1, 0.15) is 45.4 Å². The van der Waals surface area contributed by atoms with Crippen molar-refractivity contribution in [2.24, 2.45) is 0 Å². The Labute approximate surface area is 131 Å². The zero-order chi connectivity index (χ0) is 15.5. The second-order valence-electron chi connectivity index (χ2n) is 5.23. The zero-order valence-corrected chi connectivity index (χ0v) is 14.0. The summed E-state index contributed by atoms with van der Waals surface area (Å²) in [5.74, 6) is 0.873. The van der Waals surface area contributed by atoms with Crippen molar-refractivity contribution in [3.63, 3.8) is 0 Å². The van der Waals surface area contributed by atoms with Crippen molar-refractivity contribution in [2.45, 2.75) is 45.3 Å². The minimum absolute atomic E-state index is 0.00378. The summed E-state index contributed by atoms with van der Waals surface area (Å²) in [6.45, 7) is 7.02. The van der Waals surface area contributed by atoms with Gasteiger partial charge in [0.2, 0.25) is 0 Å². The molecule has 0 aliphatic carbocycles. The SMILES string of the molecule is CCOC(CC)(CC)C(NC)c1cc2cccc(Cl)c2o1. The number of halogens is 1. The van der Waals surface area contributed by atoms with Gasteiger partial charge in [0.15, 0.2) is 5.58 Å². The molecule has 0 radical (unpaired) electrons. The van der Waals surface area contributed by atoms with Gasteiger partial charge in [-0.15, -0.1) is 0 Å². The zero-order valence-electron chi connectivity index (χ0n) is 13.2. The highest BCUT2D eigenvalue weighted by Gasteiger charge is 2.38. The van der Waals surface area contributed by atoms with Crippen LogP contribution in [0.2, 0.25) is 5.02 Å². The molecule has 4 heteroatoms. The molecule has 0 fully saturated rings. The van der Waals surface area contributed by atoms with Crippen molar-refractivity contribution < 1.29 is 9.15 Å². The fraction of sp³-hybridized carbons (Fsp3) is 0.529. The Morgan fingerprint density at radius 1 is 1.29 bits per heavy atom. The smallest absolute Gasteiger partial charge is 0.152 e. The first-order valence-electron chi connectivity index (χ1n) is 7.61. The molecule has 21 heavy (non-hydrogen) atoms. The summed E-state index contributed by atoms with van der Waals surface area (Å²) in [4.78, 5) is 0. The Balaban J connectivity index is 2.49. The number of hydrogen-bond donors (Lipinski definition) is 1. The number of hydrogen-bond acceptors (Lipinski definition) is 3. The summed E-state index contributed by atoms with van der Waals surface area (Å²) in [6, 6.07) is 7.85. The first-order valence-corrected chi connectivity index (χ1v) is 7.98. The molecule has 1 heterocycles. The van der Waals surface area contributed by atoms with Gasteiger partial charge in [0, 0.05) is 12.0 Å². The maximum Gasteiger partial charge on any atom is 0.152 e. The van der Waals surface area contributed by atoms with Gasteiger partial charge in [-0.2, -0.15) is 0 Å². The number of ether oxygens (including phenoxy) is 1. The largest absolute Gasteiger partial charge is 0.458 e. The summed E-state index contributed by atoms with van der Waals surface area (Å²) in [5, 5.41) is 5.03. The third-order valence-corrected chi connectivity index (χ3v) is 4.54. The Morgan fingerprint density at radius 2 is 2.00 bits per heavy atom. The summed E-state index contributed by atoms with van der Waals surface area (Å²) in [6.07, 6.45) is 1.82. The fourth-order valence-corrected chi connectivity index (χ4v) is 3.31. The van der Waals surface area contributed by atoms with E-state index in [2.05, 4.69) is 25.2 Å². The van der Waals surface area contributed by atoms with E-state index >= 15 is 0 Å². The molecule has 1 aromatic carbocycles. The molecule has 3 nitrogen and oxygen atoms in total. The quantitative estimate of drug-likeness (QED) is 0.786. The molecule has 2 rings (SSSR count). The number of rotatable bonds is 7. The molecular formula is C17H24ClNO2. The molecule has 1 N–H and O–H groups in total. The fourth-order valence-electron chi connectivity index (χ4n) is 3.09. The van der Waals surface area contributed by atoms with E-state index in [1.54, 1.807) is 0 Å². The minimum Gasteiger partial charge on any atom is -0.458 e. The van der Waals surface area contributed by atoms with E-state index in [0.717, 1.165) is 29.6 Å². The van der Waals surface area contributed by atoms with Crippen LogP contribution in [0.3, 0.4) is 0 Å². The standard InChI is InChI=1S/C17H24ClNO2/c1-5-17(6-2,20-7-3)16(19-4)14-11-12-9-8-10-13(18)15(12)21-14/h8-11,16,19H,5-7H2,1-4H3. The van der Waals surface area contributed by atoms with Gasteiger partial charge in [0.05, 0.1) is 16.7 Å². The summed E-state index contributed by atoms with van der Waals surface area (Å²) in [7, 11) is 1.94. The Morgan fingerprint density at radius 3 is 2.52 bits per heavy atom. The molecule has 0 spiro atoms. The second-order valence-corrected chi connectivity index (χ2v) is 5.64. The Bertz CT molecular complexity index is 589. The lowest BCUT2D eigenvalue weighted by Gasteiger charge is -2.38. The lowest BCUT2D eigenvalue weighted by atomic mass is 9.86. The van der Waals surface area contributed by atoms with Crippen molar-refractivity contribution in [2.75, 3.05) is 13.7 Å². The third kappa shape index (κ3) is 2.96. The number of para-hydroxylation sites is 1. The van der Waals surface area contributed by atoms with Crippen molar-refractivity contribution in [1.82, 2.24) is 5.32 Å². The van der Waals surface area contributed by atoms with Crippen LogP contribution in [0.4, 0.5) is 0 Å². The number of benzene rings is 1. The highest BCUT2D eigenvalue weighted by molar-refractivity contribution is 6.34. The molecule has 0 bridgehead atoms. The third-order valence-electron chi connectivity index (χ3n) is 4.24. The maximum atomic E-state index is 6.22. The van der Waals surface area contributed by atoms with Gasteiger partial charge >= 0.3 is 0 Å². The van der Waals surface area contributed by atoms with E-state index in [0.29, 0.717) is 11.6 Å². The molecular weight excluding hydrogens is 286 g/mol. The molecule has 1 atom stereocenters. The van der Waals surface area contributed by atoms with E-state index in [4.69, 9.17) is 20.8 Å². The lowest BCUT2D eigenvalue weighted by Crippen LogP contribution is -2.44. The van der Waals surface area contributed by atoms with Crippen molar-refractivity contribution in [3.8, 4) is 0 Å². The molecule has 0 saturated heterocycles. The van der Waals surface area contributed by atoms with Gasteiger partial charge in [-0.25, -0.2) is 0 Å². The Hall–Kier alpha value is -1.03. The molecule has 0 amide bonds. The van der Waals surface area contributed by atoms with Crippen LogP contribution in [0.5, 0.6) is 0 Å². The second kappa shape index (κ2) is 6.82. The van der Waals surface area contributed by atoms with Crippen molar-refractivity contribution >= 4 is 22.6 Å². The predicted molar refractivity (Wildman–Crippen MR) is 88.0 cm³/mol. The number of furan rings is 1. The monoisotopic (exact) mass is 309 g/mol. The number of nitrogens with one attached hydrogen (secondary N) is 1. The van der Waals surface area contributed by atoms with Crippen LogP contribution < -0.4 is 5.32 Å². The number of fused-ring (bicyclic) bond motifs is 1. The van der Waals surface area contributed by atoms with Crippen LogP contribution in [0.15, 0.2) is 28.7 Å². The first-order chi connectivity index (χ1) is 10.1.